The van der Waals surface area contributed by atoms with Gasteiger partial charge in [-0.3, -0.25) is 9.59 Å². The Morgan fingerprint density at radius 1 is 1.14 bits per heavy atom. The topological polar surface area (TPSA) is 72.8 Å². The minimum absolute atomic E-state index is 0.0273. The number of hydrogen-bond acceptors (Lipinski definition) is 5. The van der Waals surface area contributed by atoms with Crippen molar-refractivity contribution in [2.75, 3.05) is 6.61 Å². The molecule has 2 atom stereocenters. The second kappa shape index (κ2) is 8.86. The molecule has 166 valence electrons. The third-order valence-corrected chi connectivity index (χ3v) is 11.5. The Labute approximate surface area is 177 Å². The molecule has 0 aliphatic heterocycles. The molecule has 0 radical (unpaired) electrons. The lowest BCUT2D eigenvalue weighted by atomic mass is 9.66. The molecule has 1 aliphatic rings. The largest absolute Gasteiger partial charge is 0.426 e. The third kappa shape index (κ3) is 5.89. The van der Waals surface area contributed by atoms with Crippen molar-refractivity contribution in [2.45, 2.75) is 92.5 Å². The molecule has 1 saturated carbocycles. The molecule has 1 rings (SSSR count). The molecule has 0 aromatic heterocycles. The molecule has 0 unspecified atom stereocenters. The second-order valence-corrected chi connectivity index (χ2v) is 15.4. The minimum atomic E-state index is -1.95. The van der Waals surface area contributed by atoms with Gasteiger partial charge in [0, 0.05) is 24.5 Å². The first-order chi connectivity index (χ1) is 13.0. The van der Waals surface area contributed by atoms with Crippen LogP contribution in [-0.2, 0) is 18.8 Å². The number of ether oxygens (including phenoxy) is 1. The maximum Gasteiger partial charge on any atom is 0.308 e. The van der Waals surface area contributed by atoms with Gasteiger partial charge in [0.1, 0.15) is 5.76 Å². The average molecular weight is 425 g/mol. The van der Waals surface area contributed by atoms with Crippen LogP contribution in [0.15, 0.2) is 23.5 Å². The van der Waals surface area contributed by atoms with E-state index in [2.05, 4.69) is 47.7 Å². The van der Waals surface area contributed by atoms with Crippen LogP contribution in [0, 0.1) is 10.8 Å². The fraction of sp³-hybridized carbons (Fsp3) is 0.739. The van der Waals surface area contributed by atoms with E-state index in [0.717, 1.165) is 6.42 Å². The van der Waals surface area contributed by atoms with Crippen molar-refractivity contribution in [2.24, 2.45) is 10.8 Å². The number of carbonyl (C=O) groups excluding carboxylic acids is 2. The van der Waals surface area contributed by atoms with Crippen molar-refractivity contribution in [3.05, 3.63) is 23.5 Å². The zero-order valence-electron chi connectivity index (χ0n) is 19.9. The van der Waals surface area contributed by atoms with Gasteiger partial charge < -0.3 is 14.3 Å². The van der Waals surface area contributed by atoms with Gasteiger partial charge in [-0.15, -0.1) is 0 Å². The van der Waals surface area contributed by atoms with Crippen molar-refractivity contribution >= 4 is 20.1 Å². The van der Waals surface area contributed by atoms with Gasteiger partial charge in [-0.25, -0.2) is 0 Å². The summed E-state index contributed by atoms with van der Waals surface area (Å²) in [5.74, 6) is -0.377. The molecule has 1 fully saturated rings. The highest BCUT2D eigenvalue weighted by Gasteiger charge is 2.55. The van der Waals surface area contributed by atoms with E-state index in [1.165, 1.54) is 19.1 Å². The number of aliphatic hydroxyl groups is 1. The lowest BCUT2D eigenvalue weighted by Crippen LogP contribution is -2.43. The van der Waals surface area contributed by atoms with E-state index >= 15 is 0 Å². The Bertz CT molecular complexity index is 697. The predicted molar refractivity (Wildman–Crippen MR) is 119 cm³/mol. The summed E-state index contributed by atoms with van der Waals surface area (Å²) in [4.78, 5) is 24.9. The van der Waals surface area contributed by atoms with Crippen LogP contribution >= 0.6 is 0 Å². The van der Waals surface area contributed by atoms with Gasteiger partial charge in [-0.05, 0) is 48.9 Å². The molecule has 0 bridgehead atoms. The SMILES string of the molecule is CC(=O)OC(=C\C(=O)[C@]1(C)C[C@@H](O[Si](C)(C)C(C)(C)C)CC1(C)C)/C(C)=C/CO. The maximum absolute atomic E-state index is 13.4. The summed E-state index contributed by atoms with van der Waals surface area (Å²) in [5.41, 5.74) is -0.335. The van der Waals surface area contributed by atoms with E-state index in [-0.39, 0.29) is 34.7 Å². The van der Waals surface area contributed by atoms with E-state index < -0.39 is 19.7 Å². The average Bonchev–Trinajstić information content (AvgIpc) is 2.74. The Morgan fingerprint density at radius 2 is 1.69 bits per heavy atom. The fourth-order valence-electron chi connectivity index (χ4n) is 3.60. The number of rotatable bonds is 7. The zero-order chi connectivity index (χ0) is 22.8. The highest BCUT2D eigenvalue weighted by atomic mass is 28.4. The molecule has 5 nitrogen and oxygen atoms in total. The molecule has 0 amide bonds. The van der Waals surface area contributed by atoms with Gasteiger partial charge in [-0.1, -0.05) is 47.6 Å². The van der Waals surface area contributed by atoms with Gasteiger partial charge in [0.15, 0.2) is 14.1 Å². The molecular weight excluding hydrogens is 384 g/mol. The molecule has 6 heteroatoms. The smallest absolute Gasteiger partial charge is 0.308 e. The normalized spacial score (nSPS) is 25.8. The molecule has 1 aliphatic carbocycles. The summed E-state index contributed by atoms with van der Waals surface area (Å²) in [6, 6.07) is 0. The van der Waals surface area contributed by atoms with Gasteiger partial charge in [-0.2, -0.15) is 0 Å². The molecule has 0 saturated heterocycles. The standard InChI is InChI=1S/C23H40O5Si/c1-16(11-12-24)19(27-17(2)25)13-20(26)23(8)15-18(14-22(23,6)7)28-29(9,10)21(3,4)5/h11,13,18,24H,12,14-15H2,1-10H3/b16-11+,19-13-/t18-,23-/m0/s1. The first-order valence-corrected chi connectivity index (χ1v) is 13.3. The second-order valence-electron chi connectivity index (χ2n) is 10.7. The van der Waals surface area contributed by atoms with Gasteiger partial charge in [0.25, 0.3) is 0 Å². The number of esters is 1. The summed E-state index contributed by atoms with van der Waals surface area (Å²) in [5, 5.41) is 9.27. The van der Waals surface area contributed by atoms with Crippen LogP contribution in [-0.4, -0.2) is 37.9 Å². The number of hydrogen-bond donors (Lipinski definition) is 1. The number of ketones is 1. The van der Waals surface area contributed by atoms with Gasteiger partial charge in [0.2, 0.25) is 0 Å². The molecule has 0 heterocycles. The van der Waals surface area contributed by atoms with Crippen molar-refractivity contribution in [3.8, 4) is 0 Å². The lowest BCUT2D eigenvalue weighted by molar-refractivity contribution is -0.136. The van der Waals surface area contributed by atoms with Crippen molar-refractivity contribution in [3.63, 3.8) is 0 Å². The van der Waals surface area contributed by atoms with Crippen LogP contribution in [0.4, 0.5) is 0 Å². The van der Waals surface area contributed by atoms with E-state index in [9.17, 15) is 9.59 Å². The van der Waals surface area contributed by atoms with E-state index in [1.807, 2.05) is 6.92 Å². The summed E-state index contributed by atoms with van der Waals surface area (Å²) in [6.45, 7) is 20.1. The Morgan fingerprint density at radius 3 is 2.14 bits per heavy atom. The quantitative estimate of drug-likeness (QED) is 0.201. The van der Waals surface area contributed by atoms with E-state index in [4.69, 9.17) is 14.3 Å². The van der Waals surface area contributed by atoms with Gasteiger partial charge >= 0.3 is 5.97 Å². The number of carbonyl (C=O) groups is 2. The number of aliphatic hydroxyl groups excluding tert-OH is 1. The van der Waals surface area contributed by atoms with Crippen LogP contribution in [0.3, 0.4) is 0 Å². The summed E-state index contributed by atoms with van der Waals surface area (Å²) in [7, 11) is -1.95. The summed E-state index contributed by atoms with van der Waals surface area (Å²) in [6.07, 6.45) is 4.41. The molecule has 0 aromatic carbocycles. The monoisotopic (exact) mass is 424 g/mol. The van der Waals surface area contributed by atoms with Crippen molar-refractivity contribution < 1.29 is 23.9 Å². The molecule has 0 spiro atoms. The highest BCUT2D eigenvalue weighted by molar-refractivity contribution is 6.74. The maximum atomic E-state index is 13.4. The predicted octanol–water partition coefficient (Wildman–Crippen LogP) is 5.16. The number of allylic oxidation sites excluding steroid dienone is 2. The van der Waals surface area contributed by atoms with Crippen LogP contribution < -0.4 is 0 Å². The molecule has 0 aromatic rings. The Kier molecular flexibility index (Phi) is 7.88. The fourth-order valence-corrected chi connectivity index (χ4v) is 4.96. The summed E-state index contributed by atoms with van der Waals surface area (Å²) >= 11 is 0. The van der Waals surface area contributed by atoms with Gasteiger partial charge in [0.05, 0.1) is 6.61 Å². The van der Waals surface area contributed by atoms with Crippen molar-refractivity contribution in [1.82, 2.24) is 0 Å². The van der Waals surface area contributed by atoms with E-state index in [0.29, 0.717) is 12.0 Å². The van der Waals surface area contributed by atoms with Crippen LogP contribution in [0.5, 0.6) is 0 Å². The third-order valence-electron chi connectivity index (χ3n) is 6.98. The van der Waals surface area contributed by atoms with Crippen LogP contribution in [0.25, 0.3) is 0 Å². The Balaban J connectivity index is 3.21. The van der Waals surface area contributed by atoms with Crippen molar-refractivity contribution in [1.29, 1.82) is 0 Å². The lowest BCUT2D eigenvalue weighted by Gasteiger charge is -2.38. The van der Waals surface area contributed by atoms with Crippen LogP contribution in [0.1, 0.15) is 68.2 Å². The molecular formula is C23H40O5Si. The zero-order valence-corrected chi connectivity index (χ0v) is 20.9. The first kappa shape index (κ1) is 25.8. The molecule has 1 N–H and O–H groups in total. The first-order valence-electron chi connectivity index (χ1n) is 10.4. The van der Waals surface area contributed by atoms with Crippen LogP contribution in [0.2, 0.25) is 18.1 Å². The minimum Gasteiger partial charge on any atom is -0.426 e. The Hall–Kier alpha value is -1.24. The highest BCUT2D eigenvalue weighted by Crippen LogP contribution is 2.55. The summed E-state index contributed by atoms with van der Waals surface area (Å²) < 4.78 is 11.9. The molecule has 29 heavy (non-hydrogen) atoms. The van der Waals surface area contributed by atoms with E-state index in [1.54, 1.807) is 6.92 Å².